The molecule has 0 bridgehead atoms. The van der Waals surface area contributed by atoms with Gasteiger partial charge in [0.25, 0.3) is 7.82 Å². The number of quaternary nitrogens is 1. The number of carbonyl (C=O) groups is 1. The molecule has 0 aliphatic carbocycles. The molecule has 9 heteroatoms. The fraction of sp³-hybridized carbons (Fsp3) is 0.762. The normalized spacial score (nSPS) is 14.5. The minimum atomic E-state index is -4.62. The molecule has 0 aromatic carbocycles. The lowest BCUT2D eigenvalue weighted by Gasteiger charge is -2.29. The predicted octanol–water partition coefficient (Wildman–Crippen LogP) is 17.8. The Labute approximate surface area is 446 Å². The van der Waals surface area contributed by atoms with Crippen molar-refractivity contribution in [3.05, 3.63) is 85.1 Å². The molecule has 8 nitrogen and oxygen atoms in total. The predicted molar refractivity (Wildman–Crippen MR) is 311 cm³/mol. The summed E-state index contributed by atoms with van der Waals surface area (Å²) in [4.78, 5) is 25.5. The Kier molecular flexibility index (Phi) is 51.8. The van der Waals surface area contributed by atoms with E-state index in [0.717, 1.165) is 89.9 Å². The Hall–Kier alpha value is -2.32. The summed E-state index contributed by atoms with van der Waals surface area (Å²) >= 11 is 0. The number of aliphatic hydroxyl groups excluding tert-OH is 1. The highest BCUT2D eigenvalue weighted by atomic mass is 31.2. The minimum Gasteiger partial charge on any atom is -0.756 e. The molecule has 418 valence electrons. The van der Waals surface area contributed by atoms with Gasteiger partial charge in [-0.15, -0.1) is 0 Å². The molecule has 3 atom stereocenters. The zero-order chi connectivity index (χ0) is 52.7. The first-order chi connectivity index (χ1) is 35.0. The Morgan fingerprint density at radius 3 is 1.29 bits per heavy atom. The molecule has 0 saturated carbocycles. The van der Waals surface area contributed by atoms with Crippen LogP contribution in [0.3, 0.4) is 0 Å². The van der Waals surface area contributed by atoms with Crippen molar-refractivity contribution < 1.29 is 32.9 Å². The third kappa shape index (κ3) is 55.4. The molecular formula is C63H115N2O6P. The Bertz CT molecular complexity index is 1450. The van der Waals surface area contributed by atoms with Crippen LogP contribution in [0, 0.1) is 0 Å². The van der Waals surface area contributed by atoms with Crippen molar-refractivity contribution in [3.8, 4) is 0 Å². The molecule has 0 aliphatic rings. The number of nitrogens with zero attached hydrogens (tertiary/aromatic N) is 1. The molecule has 0 heterocycles. The van der Waals surface area contributed by atoms with Crippen LogP contribution >= 0.6 is 7.82 Å². The van der Waals surface area contributed by atoms with E-state index in [9.17, 15) is 19.4 Å². The first-order valence-electron chi connectivity index (χ1n) is 29.9. The maximum Gasteiger partial charge on any atom is 0.268 e. The summed E-state index contributed by atoms with van der Waals surface area (Å²) in [5, 5.41) is 13.9. The van der Waals surface area contributed by atoms with E-state index in [2.05, 4.69) is 92.1 Å². The summed E-state index contributed by atoms with van der Waals surface area (Å²) in [6.45, 7) is 4.51. The van der Waals surface area contributed by atoms with E-state index in [4.69, 9.17) is 9.05 Å². The molecule has 0 aliphatic heterocycles. The number of phosphoric acid groups is 1. The van der Waals surface area contributed by atoms with Crippen LogP contribution in [0.1, 0.15) is 258 Å². The average molecular weight is 1030 g/mol. The molecule has 0 aromatic rings. The van der Waals surface area contributed by atoms with Crippen molar-refractivity contribution in [1.82, 2.24) is 5.32 Å². The summed E-state index contributed by atoms with van der Waals surface area (Å²) in [6, 6.07) is -0.921. The second-order valence-electron chi connectivity index (χ2n) is 21.3. The maximum absolute atomic E-state index is 13.0. The number of carbonyl (C=O) groups excluding carboxylic acids is 1. The monoisotopic (exact) mass is 1030 g/mol. The van der Waals surface area contributed by atoms with E-state index in [0.29, 0.717) is 17.4 Å². The number of rotatable bonds is 54. The Morgan fingerprint density at radius 1 is 0.500 bits per heavy atom. The van der Waals surface area contributed by atoms with Crippen LogP contribution in [0.4, 0.5) is 0 Å². The standard InChI is InChI=1S/C63H115N2O6P/c1-6-8-10-12-14-16-18-20-22-24-26-28-29-30-31-32-33-34-35-37-38-40-42-44-46-48-50-52-54-56-62(66)61(60-71-72(68,69)70-59-58-65(3,4)5)64-63(67)57-55-53-51-49-47-45-43-41-39-36-27-25-23-21-19-17-15-13-11-9-7-2/h9,11,15,17,21,23,27,36,41,43,46,48,54,56,61-62,66H,6-8,10,12-14,16,18-20,22,24-26,28-35,37-40,42,44-45,47,49-53,55,57-60H2,1-5H3,(H-,64,67,68,69)/b11-9-,17-15-,23-21-,36-27-,43-41-,48-46+,56-54+. The van der Waals surface area contributed by atoms with Gasteiger partial charge in [0.1, 0.15) is 13.2 Å². The van der Waals surface area contributed by atoms with Crippen molar-refractivity contribution >= 4 is 13.7 Å². The zero-order valence-electron chi connectivity index (χ0n) is 47.6. The number of amides is 1. The van der Waals surface area contributed by atoms with Gasteiger partial charge in [0.2, 0.25) is 5.91 Å². The molecule has 1 amide bonds. The third-order valence-corrected chi connectivity index (χ3v) is 14.1. The number of nitrogens with one attached hydrogen (secondary N) is 1. The van der Waals surface area contributed by atoms with Gasteiger partial charge in [-0.2, -0.15) is 0 Å². The van der Waals surface area contributed by atoms with E-state index in [-0.39, 0.29) is 12.5 Å². The van der Waals surface area contributed by atoms with Gasteiger partial charge in [-0.05, 0) is 77.0 Å². The van der Waals surface area contributed by atoms with Crippen molar-refractivity contribution in [2.75, 3.05) is 40.9 Å². The van der Waals surface area contributed by atoms with Gasteiger partial charge in [-0.3, -0.25) is 9.36 Å². The highest BCUT2D eigenvalue weighted by molar-refractivity contribution is 7.45. The Morgan fingerprint density at radius 2 is 0.861 bits per heavy atom. The SMILES string of the molecule is CC/C=C\C/C=C\C/C=C\C/C=C\C/C=C\CCCCCCCC(=O)NC(COP(=O)([O-])OCC[N+](C)(C)C)C(O)/C=C/CC/C=C/CCCCCCCCCCCCCCCCCCCCCCCCC. The Balaban J connectivity index is 4.25. The maximum atomic E-state index is 13.0. The van der Waals surface area contributed by atoms with Crippen molar-refractivity contribution in [2.45, 2.75) is 270 Å². The summed E-state index contributed by atoms with van der Waals surface area (Å²) in [7, 11) is 1.22. The lowest BCUT2D eigenvalue weighted by atomic mass is 10.0. The number of hydrogen-bond donors (Lipinski definition) is 2. The van der Waals surface area contributed by atoms with E-state index in [1.807, 2.05) is 27.2 Å². The smallest absolute Gasteiger partial charge is 0.268 e. The van der Waals surface area contributed by atoms with Gasteiger partial charge >= 0.3 is 0 Å². The number of aliphatic hydroxyl groups is 1. The minimum absolute atomic E-state index is 0.0146. The molecule has 0 aromatic heterocycles. The topological polar surface area (TPSA) is 108 Å². The number of hydrogen-bond acceptors (Lipinski definition) is 6. The van der Waals surface area contributed by atoms with Gasteiger partial charge in [0, 0.05) is 6.42 Å². The molecular weight excluding hydrogens is 912 g/mol. The quantitative estimate of drug-likeness (QED) is 0.0272. The molecule has 3 unspecified atom stereocenters. The molecule has 0 fully saturated rings. The third-order valence-electron chi connectivity index (χ3n) is 13.1. The first-order valence-corrected chi connectivity index (χ1v) is 31.4. The van der Waals surface area contributed by atoms with Crippen LogP contribution in [0.15, 0.2) is 85.1 Å². The molecule has 0 saturated heterocycles. The van der Waals surface area contributed by atoms with E-state index in [1.165, 1.54) is 148 Å². The molecule has 2 N–H and O–H groups in total. The lowest BCUT2D eigenvalue weighted by Crippen LogP contribution is -2.45. The largest absolute Gasteiger partial charge is 0.756 e. The number of allylic oxidation sites excluding steroid dienone is 13. The molecule has 0 spiro atoms. The van der Waals surface area contributed by atoms with E-state index in [1.54, 1.807) is 6.08 Å². The van der Waals surface area contributed by atoms with Crippen LogP contribution < -0.4 is 10.2 Å². The summed E-state index contributed by atoms with van der Waals surface area (Å²) in [5.41, 5.74) is 0. The number of unbranched alkanes of at least 4 members (excludes halogenated alkanes) is 29. The molecule has 72 heavy (non-hydrogen) atoms. The van der Waals surface area contributed by atoms with Crippen LogP contribution in [-0.4, -0.2) is 68.5 Å². The second kappa shape index (κ2) is 53.5. The number of likely N-dealkylation sites (N-methyl/N-ethyl adjacent to an activating group) is 1. The van der Waals surface area contributed by atoms with Crippen LogP contribution in [0.25, 0.3) is 0 Å². The van der Waals surface area contributed by atoms with Crippen molar-refractivity contribution in [2.24, 2.45) is 0 Å². The lowest BCUT2D eigenvalue weighted by molar-refractivity contribution is -0.870. The van der Waals surface area contributed by atoms with Crippen molar-refractivity contribution in [3.63, 3.8) is 0 Å². The second-order valence-corrected chi connectivity index (χ2v) is 22.7. The first kappa shape index (κ1) is 69.7. The number of phosphoric ester groups is 1. The fourth-order valence-corrected chi connectivity index (χ4v) is 9.16. The van der Waals surface area contributed by atoms with E-state index < -0.39 is 26.6 Å². The van der Waals surface area contributed by atoms with Crippen LogP contribution in [0.2, 0.25) is 0 Å². The molecule has 0 radical (unpaired) electrons. The van der Waals surface area contributed by atoms with Crippen molar-refractivity contribution in [1.29, 1.82) is 0 Å². The van der Waals surface area contributed by atoms with Gasteiger partial charge in [0.15, 0.2) is 0 Å². The summed E-state index contributed by atoms with van der Waals surface area (Å²) < 4.78 is 23.3. The fourth-order valence-electron chi connectivity index (χ4n) is 8.43. The van der Waals surface area contributed by atoms with Gasteiger partial charge in [-0.1, -0.05) is 259 Å². The summed E-state index contributed by atoms with van der Waals surface area (Å²) in [5.74, 6) is -0.227. The highest BCUT2D eigenvalue weighted by Gasteiger charge is 2.23. The molecule has 0 rings (SSSR count). The highest BCUT2D eigenvalue weighted by Crippen LogP contribution is 2.38. The van der Waals surface area contributed by atoms with E-state index >= 15 is 0 Å². The summed E-state index contributed by atoms with van der Waals surface area (Å²) in [6.07, 6.45) is 75.3. The van der Waals surface area contributed by atoms with Gasteiger partial charge in [-0.25, -0.2) is 0 Å². The average Bonchev–Trinajstić information content (AvgIpc) is 3.34. The van der Waals surface area contributed by atoms with Gasteiger partial charge < -0.3 is 28.8 Å². The van der Waals surface area contributed by atoms with Crippen LogP contribution in [0.5, 0.6) is 0 Å². The zero-order valence-corrected chi connectivity index (χ0v) is 48.5. The van der Waals surface area contributed by atoms with Crippen LogP contribution in [-0.2, 0) is 18.4 Å². The van der Waals surface area contributed by atoms with Gasteiger partial charge in [0.05, 0.1) is 39.9 Å².